The molecule has 2 aromatic rings. The summed E-state index contributed by atoms with van der Waals surface area (Å²) in [6, 6.07) is 11.7. The Morgan fingerprint density at radius 1 is 1.41 bits per heavy atom. The summed E-state index contributed by atoms with van der Waals surface area (Å²) in [5.41, 5.74) is 2.76. The monoisotopic (exact) mass is 413 g/mol. The van der Waals surface area contributed by atoms with E-state index in [-0.39, 0.29) is 24.0 Å². The highest BCUT2D eigenvalue weighted by Crippen LogP contribution is 2.23. The zero-order valence-electron chi connectivity index (χ0n) is 17.3. The smallest absolute Gasteiger partial charge is 0.237 e. The highest BCUT2D eigenvalue weighted by atomic mass is 35.5. The third-order valence-electron chi connectivity index (χ3n) is 5.49. The van der Waals surface area contributed by atoms with Crippen molar-refractivity contribution in [3.63, 3.8) is 0 Å². The molecule has 1 atom stereocenters. The van der Waals surface area contributed by atoms with Gasteiger partial charge in [-0.25, -0.2) is 0 Å². The van der Waals surface area contributed by atoms with Crippen molar-refractivity contribution in [1.82, 2.24) is 20.0 Å². The molecule has 1 fully saturated rings. The number of rotatable bonds is 7. The third-order valence-corrected chi connectivity index (χ3v) is 5.73. The summed E-state index contributed by atoms with van der Waals surface area (Å²) in [7, 11) is 0. The van der Waals surface area contributed by atoms with Crippen LogP contribution >= 0.6 is 11.6 Å². The molecule has 1 saturated heterocycles. The maximum atomic E-state index is 12.5. The largest absolute Gasteiger partial charge is 0.326 e. The highest BCUT2D eigenvalue weighted by molar-refractivity contribution is 6.30. The van der Waals surface area contributed by atoms with Gasteiger partial charge in [0.05, 0.1) is 18.3 Å². The van der Waals surface area contributed by atoms with Crippen molar-refractivity contribution in [2.75, 3.05) is 13.1 Å². The summed E-state index contributed by atoms with van der Waals surface area (Å²) in [6.07, 6.45) is 2.50. The fourth-order valence-corrected chi connectivity index (χ4v) is 3.81. The van der Waals surface area contributed by atoms with Crippen molar-refractivity contribution in [2.24, 2.45) is 0 Å². The summed E-state index contributed by atoms with van der Waals surface area (Å²) in [6.45, 7) is 7.88. The van der Waals surface area contributed by atoms with Crippen LogP contribution in [0.1, 0.15) is 38.8 Å². The van der Waals surface area contributed by atoms with E-state index in [1.807, 2.05) is 35.9 Å². The number of carbonyl (C=O) groups excluding carboxylic acids is 1. The molecule has 6 nitrogen and oxygen atoms in total. The Hall–Kier alpha value is -2.36. The molecule has 1 N–H and O–H groups in total. The Kier molecular flexibility index (Phi) is 6.61. The first kappa shape index (κ1) is 21.4. The average molecular weight is 414 g/mol. The van der Waals surface area contributed by atoms with Gasteiger partial charge < -0.3 is 10.2 Å². The molecule has 2 heterocycles. The lowest BCUT2D eigenvalue weighted by atomic mass is 10.0. The molecule has 154 valence electrons. The minimum Gasteiger partial charge on any atom is -0.326 e. The average Bonchev–Trinajstić information content (AvgIpc) is 3.31. The molecular formula is C22H28ClN5O. The number of nitrogens with zero attached hydrogens (tertiary/aromatic N) is 4. The van der Waals surface area contributed by atoms with Crippen LogP contribution in [0, 0.1) is 18.3 Å². The fourth-order valence-electron chi connectivity index (χ4n) is 3.62. The molecule has 29 heavy (non-hydrogen) atoms. The van der Waals surface area contributed by atoms with E-state index in [1.54, 1.807) is 4.90 Å². The van der Waals surface area contributed by atoms with Gasteiger partial charge in [0.1, 0.15) is 6.04 Å². The molecular weight excluding hydrogens is 386 g/mol. The topological polar surface area (TPSA) is 74.0 Å². The van der Waals surface area contributed by atoms with Crippen molar-refractivity contribution in [2.45, 2.75) is 58.2 Å². The van der Waals surface area contributed by atoms with Crippen LogP contribution in [-0.4, -0.2) is 45.3 Å². The molecule has 0 radical (unpaired) electrons. The first-order valence-corrected chi connectivity index (χ1v) is 10.4. The van der Waals surface area contributed by atoms with Crippen molar-refractivity contribution in [3.8, 4) is 17.3 Å². The van der Waals surface area contributed by atoms with Gasteiger partial charge in [-0.1, -0.05) is 23.7 Å². The molecule has 3 rings (SSSR count). The fraction of sp³-hybridized carbons (Fsp3) is 0.500. The molecule has 1 aliphatic rings. The maximum Gasteiger partial charge on any atom is 0.237 e. The van der Waals surface area contributed by atoms with Crippen LogP contribution in [0.25, 0.3) is 11.3 Å². The molecule has 1 aromatic heterocycles. The van der Waals surface area contributed by atoms with Gasteiger partial charge in [0, 0.05) is 34.9 Å². The Bertz CT molecular complexity index is 914. The van der Waals surface area contributed by atoms with Gasteiger partial charge in [0.25, 0.3) is 0 Å². The van der Waals surface area contributed by atoms with Crippen LogP contribution in [-0.2, 0) is 11.3 Å². The van der Waals surface area contributed by atoms with Crippen molar-refractivity contribution >= 4 is 17.5 Å². The lowest BCUT2D eigenvalue weighted by Crippen LogP contribution is -2.48. The molecule has 0 aliphatic carbocycles. The quantitative estimate of drug-likeness (QED) is 0.749. The summed E-state index contributed by atoms with van der Waals surface area (Å²) >= 11 is 6.10. The van der Waals surface area contributed by atoms with E-state index in [4.69, 9.17) is 22.0 Å². The Labute approximate surface area is 177 Å². The van der Waals surface area contributed by atoms with Crippen molar-refractivity contribution in [1.29, 1.82) is 5.26 Å². The normalized spacial score (nSPS) is 16.8. The summed E-state index contributed by atoms with van der Waals surface area (Å²) in [5, 5.41) is 17.9. The molecule has 1 aromatic carbocycles. The number of aromatic nitrogens is 2. The molecule has 0 spiro atoms. The number of nitriles is 1. The molecule has 1 aliphatic heterocycles. The molecule has 1 unspecified atom stereocenters. The van der Waals surface area contributed by atoms with E-state index in [9.17, 15) is 4.79 Å². The number of hydrogen-bond donors (Lipinski definition) is 1. The zero-order valence-corrected chi connectivity index (χ0v) is 18.0. The summed E-state index contributed by atoms with van der Waals surface area (Å²) in [5.74, 6) is 0.000590. The summed E-state index contributed by atoms with van der Waals surface area (Å²) in [4.78, 5) is 14.2. The first-order valence-electron chi connectivity index (χ1n) is 10.0. The third kappa shape index (κ3) is 5.37. The number of carbonyl (C=O) groups is 1. The minimum absolute atomic E-state index is 0.000590. The predicted octanol–water partition coefficient (Wildman–Crippen LogP) is 3.78. The number of aryl methyl sites for hydroxylation is 2. The van der Waals surface area contributed by atoms with Crippen LogP contribution in [0.3, 0.4) is 0 Å². The van der Waals surface area contributed by atoms with E-state index in [0.29, 0.717) is 11.6 Å². The maximum absolute atomic E-state index is 12.5. The van der Waals surface area contributed by atoms with Crippen LogP contribution in [0.5, 0.6) is 0 Å². The van der Waals surface area contributed by atoms with Crippen LogP contribution < -0.4 is 5.32 Å². The van der Waals surface area contributed by atoms with Gasteiger partial charge in [0.2, 0.25) is 5.91 Å². The van der Waals surface area contributed by atoms with E-state index in [1.165, 1.54) is 0 Å². The van der Waals surface area contributed by atoms with Gasteiger partial charge in [-0.3, -0.25) is 9.48 Å². The highest BCUT2D eigenvalue weighted by Gasteiger charge is 2.29. The number of benzene rings is 1. The first-order chi connectivity index (χ1) is 13.8. The predicted molar refractivity (Wildman–Crippen MR) is 114 cm³/mol. The molecule has 0 saturated carbocycles. The van der Waals surface area contributed by atoms with E-state index < -0.39 is 0 Å². The molecule has 0 bridgehead atoms. The Morgan fingerprint density at radius 3 is 2.93 bits per heavy atom. The number of halogens is 1. The number of likely N-dealkylation sites (tertiary alicyclic amines) is 1. The van der Waals surface area contributed by atoms with Gasteiger partial charge in [-0.2, -0.15) is 10.4 Å². The van der Waals surface area contributed by atoms with Gasteiger partial charge in [0.15, 0.2) is 0 Å². The molecule has 1 amide bonds. The Balaban J connectivity index is 1.56. The van der Waals surface area contributed by atoms with Crippen molar-refractivity contribution in [3.05, 3.63) is 41.0 Å². The summed E-state index contributed by atoms with van der Waals surface area (Å²) < 4.78 is 1.99. The van der Waals surface area contributed by atoms with Crippen LogP contribution in [0.4, 0.5) is 0 Å². The second-order valence-electron chi connectivity index (χ2n) is 8.27. The number of hydrogen-bond acceptors (Lipinski definition) is 4. The lowest BCUT2D eigenvalue weighted by Gasteiger charge is -2.28. The van der Waals surface area contributed by atoms with Gasteiger partial charge in [-0.05, 0) is 58.2 Å². The van der Waals surface area contributed by atoms with Gasteiger partial charge in [-0.15, -0.1) is 0 Å². The van der Waals surface area contributed by atoms with Crippen LogP contribution in [0.2, 0.25) is 5.02 Å². The standard InChI is InChI=1S/C22H28ClN5O/c1-16-12-20(17-6-4-7-18(23)13-17)26-28(16)11-9-22(2,3)25-15-21(29)27-10-5-8-19(27)14-24/h4,6-7,12-13,19,25H,5,8-11,15H2,1-3H3. The number of amides is 1. The molecule has 7 heteroatoms. The van der Waals surface area contributed by atoms with E-state index >= 15 is 0 Å². The second-order valence-corrected chi connectivity index (χ2v) is 8.70. The Morgan fingerprint density at radius 2 is 2.21 bits per heavy atom. The van der Waals surface area contributed by atoms with Gasteiger partial charge >= 0.3 is 0 Å². The second kappa shape index (κ2) is 8.98. The lowest BCUT2D eigenvalue weighted by molar-refractivity contribution is -0.130. The van der Waals surface area contributed by atoms with Crippen molar-refractivity contribution < 1.29 is 4.79 Å². The van der Waals surface area contributed by atoms with E-state index in [2.05, 4.69) is 31.3 Å². The zero-order chi connectivity index (χ0) is 21.0. The minimum atomic E-state index is -0.274. The number of nitrogens with one attached hydrogen (secondary N) is 1. The SMILES string of the molecule is Cc1cc(-c2cccc(Cl)c2)nn1CCC(C)(C)NCC(=O)N1CCCC1C#N. The van der Waals surface area contributed by atoms with E-state index in [0.717, 1.165) is 42.8 Å². The van der Waals surface area contributed by atoms with Crippen LogP contribution in [0.15, 0.2) is 30.3 Å².